The number of amidine groups is 1. The zero-order valence-corrected chi connectivity index (χ0v) is 17.9. The van der Waals surface area contributed by atoms with Crippen LogP contribution in [0.3, 0.4) is 0 Å². The van der Waals surface area contributed by atoms with E-state index in [-0.39, 0.29) is 17.1 Å². The molecule has 0 spiro atoms. The summed E-state index contributed by atoms with van der Waals surface area (Å²) in [4.78, 5) is 4.47. The Hall–Kier alpha value is -3.75. The monoisotopic (exact) mass is 475 g/mol. The van der Waals surface area contributed by atoms with Gasteiger partial charge in [0.05, 0.1) is 11.1 Å². The highest BCUT2D eigenvalue weighted by Gasteiger charge is 2.36. The number of aryl methyl sites for hydroxylation is 1. The average Bonchev–Trinajstić information content (AvgIpc) is 2.77. The summed E-state index contributed by atoms with van der Waals surface area (Å²) in [7, 11) is 0. The molecule has 0 saturated carbocycles. The quantitative estimate of drug-likeness (QED) is 0.394. The molecule has 1 heterocycles. The van der Waals surface area contributed by atoms with Crippen LogP contribution in [0.4, 0.5) is 32.0 Å². The predicted molar refractivity (Wildman–Crippen MR) is 119 cm³/mol. The Morgan fingerprint density at radius 3 is 2.26 bits per heavy atom. The molecule has 1 unspecified atom stereocenters. The minimum atomic E-state index is -4.57. The van der Waals surface area contributed by atoms with Crippen LogP contribution in [0.2, 0.25) is 0 Å². The lowest BCUT2D eigenvalue weighted by Gasteiger charge is -2.28. The van der Waals surface area contributed by atoms with Crippen LogP contribution in [0.25, 0.3) is 5.70 Å². The Morgan fingerprint density at radius 1 is 0.912 bits per heavy atom. The number of benzene rings is 3. The number of hydrogen-bond donors (Lipinski definition) is 2. The van der Waals surface area contributed by atoms with Crippen LogP contribution in [-0.2, 0) is 12.4 Å². The van der Waals surface area contributed by atoms with Crippen molar-refractivity contribution >= 4 is 17.2 Å². The number of para-hydroxylation sites is 1. The van der Waals surface area contributed by atoms with Crippen LogP contribution in [0.15, 0.2) is 78.3 Å². The fourth-order valence-corrected chi connectivity index (χ4v) is 3.82. The maximum absolute atomic E-state index is 13.6. The molecule has 0 aliphatic carbocycles. The smallest absolute Gasteiger partial charge is 0.359 e. The Kier molecular flexibility index (Phi) is 5.89. The number of nitrogens with one attached hydrogen (secondary N) is 2. The highest BCUT2D eigenvalue weighted by atomic mass is 19.4. The molecule has 0 radical (unpaired) electrons. The lowest BCUT2D eigenvalue weighted by molar-refractivity contribution is -0.138. The topological polar surface area (TPSA) is 36.4 Å². The average molecular weight is 475 g/mol. The van der Waals surface area contributed by atoms with Crippen molar-refractivity contribution < 1.29 is 26.3 Å². The van der Waals surface area contributed by atoms with Gasteiger partial charge < -0.3 is 10.6 Å². The molecule has 2 N–H and O–H groups in total. The van der Waals surface area contributed by atoms with E-state index in [9.17, 15) is 26.3 Å². The number of halogens is 6. The summed E-state index contributed by atoms with van der Waals surface area (Å²) in [6.07, 6.45) is -10.1. The van der Waals surface area contributed by atoms with Crippen LogP contribution in [0.1, 0.15) is 39.5 Å². The molecule has 1 aliphatic rings. The second-order valence-corrected chi connectivity index (χ2v) is 7.79. The van der Waals surface area contributed by atoms with Crippen molar-refractivity contribution in [3.8, 4) is 0 Å². The molecule has 9 heteroatoms. The van der Waals surface area contributed by atoms with Gasteiger partial charge in [0.2, 0.25) is 0 Å². The predicted octanol–water partition coefficient (Wildman–Crippen LogP) is 7.16. The van der Waals surface area contributed by atoms with Gasteiger partial charge in [-0.25, -0.2) is 4.99 Å². The summed E-state index contributed by atoms with van der Waals surface area (Å²) in [6, 6.07) is 15.3. The molecule has 0 saturated heterocycles. The van der Waals surface area contributed by atoms with Gasteiger partial charge in [-0.15, -0.1) is 0 Å². The highest BCUT2D eigenvalue weighted by Crippen LogP contribution is 2.38. The fraction of sp³-hybridized carbons (Fsp3) is 0.160. The SMILES string of the molecule is C=C(NC1=NC(c2ccccc2C(F)(F)F)Nc2ccccc21)c1ccc(C(F)(F)F)cc1C. The first kappa shape index (κ1) is 23.4. The van der Waals surface area contributed by atoms with Gasteiger partial charge in [-0.3, -0.25) is 0 Å². The molecule has 176 valence electrons. The number of anilines is 1. The minimum Gasteiger partial charge on any atom is -0.359 e. The third kappa shape index (κ3) is 4.64. The number of hydrogen-bond acceptors (Lipinski definition) is 3. The summed E-state index contributed by atoms with van der Waals surface area (Å²) in [5, 5.41) is 6.02. The van der Waals surface area contributed by atoms with Crippen molar-refractivity contribution in [2.24, 2.45) is 4.99 Å². The van der Waals surface area contributed by atoms with Crippen LogP contribution >= 0.6 is 0 Å². The van der Waals surface area contributed by atoms with Crippen molar-refractivity contribution in [1.29, 1.82) is 0 Å². The van der Waals surface area contributed by atoms with Gasteiger partial charge in [-0.2, -0.15) is 26.3 Å². The van der Waals surface area contributed by atoms with Gasteiger partial charge in [0.15, 0.2) is 0 Å². The highest BCUT2D eigenvalue weighted by molar-refractivity contribution is 6.08. The largest absolute Gasteiger partial charge is 0.416 e. The molecular weight excluding hydrogens is 456 g/mol. The molecule has 3 aromatic rings. The van der Waals surface area contributed by atoms with Crippen molar-refractivity contribution in [3.63, 3.8) is 0 Å². The number of alkyl halides is 6. The maximum Gasteiger partial charge on any atom is 0.416 e. The first-order valence-corrected chi connectivity index (χ1v) is 10.2. The van der Waals surface area contributed by atoms with Gasteiger partial charge in [-0.05, 0) is 42.8 Å². The van der Waals surface area contributed by atoms with Crippen molar-refractivity contribution in [2.75, 3.05) is 5.32 Å². The maximum atomic E-state index is 13.6. The zero-order valence-electron chi connectivity index (χ0n) is 17.9. The standard InChI is InChI=1S/C25H19F6N3/c1-14-13-16(24(26,27)28)11-12-17(14)15(2)32-23-19-8-4-6-10-21(19)33-22(34-23)18-7-3-5-9-20(18)25(29,30)31/h3-13,22,33H,2H2,1H3,(H,32,34). The van der Waals surface area contributed by atoms with E-state index in [0.717, 1.165) is 18.2 Å². The molecule has 3 nitrogen and oxygen atoms in total. The molecule has 0 fully saturated rings. The number of fused-ring (bicyclic) bond motifs is 1. The number of nitrogens with zero attached hydrogens (tertiary/aromatic N) is 1. The first-order chi connectivity index (χ1) is 15.9. The second kappa shape index (κ2) is 8.55. The van der Waals surface area contributed by atoms with Crippen LogP contribution in [-0.4, -0.2) is 5.84 Å². The molecule has 0 amide bonds. The van der Waals surface area contributed by atoms with E-state index in [2.05, 4.69) is 22.2 Å². The van der Waals surface area contributed by atoms with E-state index < -0.39 is 29.6 Å². The van der Waals surface area contributed by atoms with Gasteiger partial charge in [-0.1, -0.05) is 43.0 Å². The summed E-state index contributed by atoms with van der Waals surface area (Å²) in [5.41, 5.74) is 0.535. The molecular formula is C25H19F6N3. The van der Waals surface area contributed by atoms with Crippen LogP contribution in [0, 0.1) is 6.92 Å². The summed E-state index contributed by atoms with van der Waals surface area (Å²) >= 11 is 0. The van der Waals surface area contributed by atoms with Crippen molar-refractivity contribution in [2.45, 2.75) is 25.4 Å². The van der Waals surface area contributed by atoms with Gasteiger partial charge >= 0.3 is 12.4 Å². The lowest BCUT2D eigenvalue weighted by Crippen LogP contribution is -2.30. The summed E-state index contributed by atoms with van der Waals surface area (Å²) < 4.78 is 79.9. The van der Waals surface area contributed by atoms with Gasteiger partial charge in [0.25, 0.3) is 0 Å². The molecule has 0 bridgehead atoms. The summed E-state index contributed by atoms with van der Waals surface area (Å²) in [6.45, 7) is 5.45. The van der Waals surface area contributed by atoms with E-state index in [4.69, 9.17) is 0 Å². The zero-order chi connectivity index (χ0) is 24.7. The van der Waals surface area contributed by atoms with Crippen molar-refractivity contribution in [1.82, 2.24) is 5.32 Å². The third-order valence-corrected chi connectivity index (χ3v) is 5.44. The molecule has 34 heavy (non-hydrogen) atoms. The molecule has 3 aromatic carbocycles. The lowest BCUT2D eigenvalue weighted by atomic mass is 10.0. The van der Waals surface area contributed by atoms with E-state index >= 15 is 0 Å². The van der Waals surface area contributed by atoms with E-state index in [0.29, 0.717) is 22.4 Å². The van der Waals surface area contributed by atoms with Crippen molar-refractivity contribution in [3.05, 3.63) is 107 Å². The van der Waals surface area contributed by atoms with E-state index in [1.54, 1.807) is 24.3 Å². The molecule has 4 rings (SSSR count). The minimum absolute atomic E-state index is 0.0554. The molecule has 0 aromatic heterocycles. The Labute approximate surface area is 191 Å². The van der Waals surface area contributed by atoms with Gasteiger partial charge in [0, 0.05) is 28.1 Å². The van der Waals surface area contributed by atoms with Gasteiger partial charge in [0.1, 0.15) is 12.0 Å². The Balaban J connectivity index is 1.72. The normalized spacial score (nSPS) is 15.7. The Bertz CT molecular complexity index is 1270. The number of rotatable bonds is 3. The Morgan fingerprint density at radius 2 is 1.59 bits per heavy atom. The first-order valence-electron chi connectivity index (χ1n) is 10.2. The third-order valence-electron chi connectivity index (χ3n) is 5.44. The van der Waals surface area contributed by atoms with Crippen LogP contribution < -0.4 is 10.6 Å². The summed E-state index contributed by atoms with van der Waals surface area (Å²) in [5.74, 6) is 0.251. The fourth-order valence-electron chi connectivity index (χ4n) is 3.82. The van der Waals surface area contributed by atoms with E-state index in [1.807, 2.05) is 0 Å². The number of aliphatic imine (C=N–C) groups is 1. The molecule has 1 aliphatic heterocycles. The van der Waals surface area contributed by atoms with Crippen LogP contribution in [0.5, 0.6) is 0 Å². The van der Waals surface area contributed by atoms with E-state index in [1.165, 1.54) is 31.2 Å². The second-order valence-electron chi connectivity index (χ2n) is 7.79. The molecule has 1 atom stereocenters.